The number of imidazole rings is 1. The minimum absolute atomic E-state index is 0.0351. The number of likely N-dealkylation sites (N-methyl/N-ethyl adjacent to an activating group) is 1. The Bertz CT molecular complexity index is 1560. The van der Waals surface area contributed by atoms with Crippen molar-refractivity contribution in [1.29, 1.82) is 0 Å². The topological polar surface area (TPSA) is 141 Å². The maximum Gasteiger partial charge on any atom is 0.334 e. The summed E-state index contributed by atoms with van der Waals surface area (Å²) in [5.41, 5.74) is 2.77. The van der Waals surface area contributed by atoms with Crippen molar-refractivity contribution in [3.63, 3.8) is 0 Å². The molecule has 0 aliphatic heterocycles. The number of carbonyl (C=O) groups excluding carboxylic acids is 3. The zero-order chi connectivity index (χ0) is 36.0. The summed E-state index contributed by atoms with van der Waals surface area (Å²) < 4.78 is 2.00. The average molecular weight is 687 g/mol. The molecule has 0 spiro atoms. The van der Waals surface area contributed by atoms with Crippen molar-refractivity contribution in [2.24, 2.45) is 17.8 Å². The van der Waals surface area contributed by atoms with Crippen LogP contribution in [0.2, 0.25) is 0 Å². The Morgan fingerprint density at radius 1 is 1.06 bits per heavy atom. The Hall–Kier alpha value is -4.04. The quantitative estimate of drug-likeness (QED) is 0.151. The first-order chi connectivity index (χ1) is 24.0. The maximum absolute atomic E-state index is 13.9. The summed E-state index contributed by atoms with van der Waals surface area (Å²) in [6, 6.07) is 15.7. The lowest BCUT2D eigenvalue weighted by Crippen LogP contribution is -2.98. The van der Waals surface area contributed by atoms with Gasteiger partial charge in [-0.25, -0.2) is 9.78 Å². The van der Waals surface area contributed by atoms with E-state index in [1.807, 2.05) is 73.0 Å². The number of hydrogen-bond donors (Lipinski definition) is 4. The summed E-state index contributed by atoms with van der Waals surface area (Å²) in [5, 5.41) is 26.5. The molecule has 1 fully saturated rings. The summed E-state index contributed by atoms with van der Waals surface area (Å²) in [5.74, 6) is 1.31. The number of nitrogens with zero attached hydrogens (tertiary/aromatic N) is 3. The van der Waals surface area contributed by atoms with Gasteiger partial charge in [0.1, 0.15) is 12.1 Å². The third kappa shape index (κ3) is 11.5. The number of aromatic nitrogens is 2. The highest BCUT2D eigenvalue weighted by molar-refractivity contribution is 5.89. The van der Waals surface area contributed by atoms with E-state index in [2.05, 4.69) is 16.2 Å². The van der Waals surface area contributed by atoms with Gasteiger partial charge in [-0.2, -0.15) is 0 Å². The van der Waals surface area contributed by atoms with Gasteiger partial charge in [0.25, 0.3) is 0 Å². The number of rotatable bonds is 18. The van der Waals surface area contributed by atoms with E-state index in [9.17, 15) is 24.6 Å². The predicted octanol–water partition coefficient (Wildman–Crippen LogP) is 3.45. The number of benzene rings is 2. The van der Waals surface area contributed by atoms with Gasteiger partial charge in [-0.1, -0.05) is 88.4 Å². The smallest absolute Gasteiger partial charge is 0.334 e. The van der Waals surface area contributed by atoms with Crippen LogP contribution in [0.5, 0.6) is 0 Å². The van der Waals surface area contributed by atoms with E-state index in [0.717, 1.165) is 42.3 Å². The van der Waals surface area contributed by atoms with Gasteiger partial charge in [0.2, 0.25) is 11.8 Å². The number of aliphatic hydroxyl groups excluding tert-OH is 2. The number of fused-ring (bicyclic) bond motifs is 1. The lowest BCUT2D eigenvalue weighted by Gasteiger charge is -2.30. The Morgan fingerprint density at radius 3 is 2.46 bits per heavy atom. The maximum atomic E-state index is 13.9. The fourth-order valence-corrected chi connectivity index (χ4v) is 7.07. The number of amides is 3. The number of hydrogen-bond acceptors (Lipinski definition) is 6. The third-order valence-electron chi connectivity index (χ3n) is 9.98. The van der Waals surface area contributed by atoms with Crippen LogP contribution >= 0.6 is 0 Å². The van der Waals surface area contributed by atoms with E-state index < -0.39 is 36.1 Å². The summed E-state index contributed by atoms with van der Waals surface area (Å²) >= 11 is 0. The fourth-order valence-electron chi connectivity index (χ4n) is 7.07. The van der Waals surface area contributed by atoms with Crippen LogP contribution in [0, 0.1) is 30.1 Å². The van der Waals surface area contributed by atoms with E-state index in [1.165, 1.54) is 11.7 Å². The molecule has 0 bridgehead atoms. The highest BCUT2D eigenvalue weighted by atomic mass is 16.3. The van der Waals surface area contributed by atoms with Crippen LogP contribution < -0.4 is 10.6 Å². The number of nitrogens with one attached hydrogen (secondary N) is 1. The predicted molar refractivity (Wildman–Crippen MR) is 194 cm³/mol. The van der Waals surface area contributed by atoms with Crippen LogP contribution in [-0.4, -0.2) is 80.3 Å². The van der Waals surface area contributed by atoms with Gasteiger partial charge in [0, 0.05) is 39.4 Å². The van der Waals surface area contributed by atoms with Crippen LogP contribution in [0.15, 0.2) is 60.9 Å². The normalized spacial score (nSPS) is 16.7. The lowest BCUT2D eigenvalue weighted by molar-refractivity contribution is -0.620. The average Bonchev–Trinajstić information content (AvgIpc) is 3.53. The van der Waals surface area contributed by atoms with E-state index in [-0.39, 0.29) is 30.6 Å². The lowest BCUT2D eigenvalue weighted by atomic mass is 9.82. The van der Waals surface area contributed by atoms with E-state index in [4.69, 9.17) is 6.42 Å². The summed E-state index contributed by atoms with van der Waals surface area (Å²) in [6.07, 6.45) is 12.1. The van der Waals surface area contributed by atoms with Crippen molar-refractivity contribution < 1.29 is 29.9 Å². The number of terminal acetylenes is 1. The molecule has 4 rings (SSSR count). The van der Waals surface area contributed by atoms with E-state index in [1.54, 1.807) is 18.3 Å². The molecule has 270 valence electrons. The van der Waals surface area contributed by atoms with Gasteiger partial charge in [0.05, 0.1) is 29.4 Å². The molecule has 50 heavy (non-hydrogen) atoms. The molecule has 10 heteroatoms. The van der Waals surface area contributed by atoms with Crippen LogP contribution in [-0.2, 0) is 27.3 Å². The summed E-state index contributed by atoms with van der Waals surface area (Å²) in [6.45, 7) is 4.94. The molecular weight excluding hydrogens is 630 g/mol. The molecule has 10 nitrogen and oxygen atoms in total. The van der Waals surface area contributed by atoms with Crippen molar-refractivity contribution in [1.82, 2.24) is 19.8 Å². The largest absolute Gasteiger partial charge is 0.390 e. The highest BCUT2D eigenvalue weighted by Crippen LogP contribution is 2.28. The molecule has 1 saturated carbocycles. The molecule has 1 aliphatic carbocycles. The van der Waals surface area contributed by atoms with Crippen molar-refractivity contribution in [3.8, 4) is 12.3 Å². The molecule has 0 radical (unpaired) electrons. The van der Waals surface area contributed by atoms with Crippen molar-refractivity contribution in [2.75, 3.05) is 13.6 Å². The highest BCUT2D eigenvalue weighted by Gasteiger charge is 2.37. The van der Waals surface area contributed by atoms with E-state index in [0.29, 0.717) is 38.3 Å². The number of quaternary nitrogens is 1. The molecule has 2 aromatic carbocycles. The van der Waals surface area contributed by atoms with Crippen molar-refractivity contribution >= 4 is 28.8 Å². The molecule has 1 heterocycles. The molecule has 5 N–H and O–H groups in total. The number of aliphatic hydroxyl groups is 2. The van der Waals surface area contributed by atoms with E-state index >= 15 is 0 Å². The number of primary amides is 1. The van der Waals surface area contributed by atoms with Gasteiger partial charge in [-0.15, -0.1) is 12.3 Å². The molecular formula is C40H56N5O5+. The molecule has 5 atom stereocenters. The molecule has 0 saturated heterocycles. The Labute approximate surface area is 297 Å². The standard InChI is InChI=1S/C40H55N5O5/c1-5-14-33(40(50)43-34(25-30-17-10-7-11-18-30)38(48)36(46)23-28(2)3)42-39(49)31(24-29-15-8-6-9-16-29)26-37(47)44(4)21-22-45-27-41-32-19-12-13-20-35(32)45/h1,6,8-9,12-13,15-16,19-20,27-28,30-31,33-34,36,38,46,48H,7,10-11,14,17-18,21-26H2,2-4H3,(H,42,49)(H,43,50)/p+1/t31?,33-,34?,36-,38+/m0/s1. The van der Waals surface area contributed by atoms with Gasteiger partial charge in [-0.05, 0) is 42.4 Å². The second-order valence-corrected chi connectivity index (χ2v) is 14.5. The van der Waals surface area contributed by atoms with Gasteiger partial charge in [-0.3, -0.25) is 14.9 Å². The van der Waals surface area contributed by atoms with Gasteiger partial charge < -0.3 is 25.0 Å². The first kappa shape index (κ1) is 38.8. The third-order valence-corrected chi connectivity index (χ3v) is 9.98. The SMILES string of the molecule is C#CC[C@H](NC(=O)C(CC(=O)N(C)CCn1cnc2ccccc21)Cc1ccccc1)C(=O)[NH2+]C(CC1CCCCC1)[C@@H](O)[C@@H](O)CC(C)C. The van der Waals surface area contributed by atoms with Crippen molar-refractivity contribution in [2.45, 2.75) is 109 Å². The van der Waals surface area contributed by atoms with Crippen LogP contribution in [0.4, 0.5) is 0 Å². The second kappa shape index (κ2) is 19.4. The first-order valence-electron chi connectivity index (χ1n) is 18.2. The van der Waals surface area contributed by atoms with Crippen molar-refractivity contribution in [3.05, 3.63) is 66.5 Å². The fraction of sp³-hybridized carbons (Fsp3) is 0.550. The van der Waals surface area contributed by atoms with Gasteiger partial charge >= 0.3 is 5.91 Å². The number of nitrogens with two attached hydrogens (primary N) is 1. The minimum Gasteiger partial charge on any atom is -0.390 e. The molecule has 1 aromatic heterocycles. The molecule has 1 aliphatic rings. The first-order valence-corrected chi connectivity index (χ1v) is 18.2. The monoisotopic (exact) mass is 686 g/mol. The summed E-state index contributed by atoms with van der Waals surface area (Å²) in [4.78, 5) is 47.3. The zero-order valence-electron chi connectivity index (χ0n) is 29.9. The Morgan fingerprint density at radius 2 is 1.76 bits per heavy atom. The Kier molecular flexibility index (Phi) is 15.0. The number of para-hydroxylation sites is 2. The van der Waals surface area contributed by atoms with Crippen LogP contribution in [0.3, 0.4) is 0 Å². The number of carbonyl (C=O) groups is 3. The van der Waals surface area contributed by atoms with Crippen LogP contribution in [0.25, 0.3) is 11.0 Å². The summed E-state index contributed by atoms with van der Waals surface area (Å²) in [7, 11) is 1.73. The minimum atomic E-state index is -1.11. The molecule has 3 aromatic rings. The van der Waals surface area contributed by atoms with Crippen LogP contribution in [0.1, 0.15) is 77.2 Å². The molecule has 2 unspecified atom stereocenters. The van der Waals surface area contributed by atoms with Gasteiger partial charge in [0.15, 0.2) is 6.04 Å². The molecule has 3 amide bonds. The second-order valence-electron chi connectivity index (χ2n) is 14.5. The zero-order valence-corrected chi connectivity index (χ0v) is 29.9. The Balaban J connectivity index is 1.45.